The summed E-state index contributed by atoms with van der Waals surface area (Å²) in [5.74, 6) is 0.867. The lowest BCUT2D eigenvalue weighted by atomic mass is 9.96. The number of rotatable bonds is 3. The van der Waals surface area contributed by atoms with Crippen LogP contribution in [0.25, 0.3) is 0 Å². The van der Waals surface area contributed by atoms with Gasteiger partial charge in [0.25, 0.3) is 0 Å². The van der Waals surface area contributed by atoms with Crippen LogP contribution in [-0.4, -0.2) is 22.2 Å². The molecule has 1 amide bonds. The lowest BCUT2D eigenvalue weighted by Gasteiger charge is -2.25. The fourth-order valence-corrected chi connectivity index (χ4v) is 1.51. The summed E-state index contributed by atoms with van der Waals surface area (Å²) in [6.45, 7) is 1.79. The van der Waals surface area contributed by atoms with E-state index in [1.54, 1.807) is 19.2 Å². The largest absolute Gasteiger partial charge is 0.446 e. The number of nitrogens with one attached hydrogen (secondary N) is 1. The van der Waals surface area contributed by atoms with Gasteiger partial charge in [-0.3, -0.25) is 0 Å². The molecule has 0 aromatic carbocycles. The van der Waals surface area contributed by atoms with E-state index in [2.05, 4.69) is 15.3 Å². The first kappa shape index (κ1) is 11.6. The molecule has 1 aromatic rings. The molecule has 92 valence electrons. The number of hydrogen-bond donors (Lipinski definition) is 2. The lowest BCUT2D eigenvalue weighted by Crippen LogP contribution is -2.34. The first-order chi connectivity index (χ1) is 8.15. The Bertz CT molecular complexity index is 406. The van der Waals surface area contributed by atoms with Crippen LogP contribution in [0, 0.1) is 0 Å². The van der Waals surface area contributed by atoms with Gasteiger partial charge < -0.3 is 15.8 Å². The zero-order valence-corrected chi connectivity index (χ0v) is 9.72. The Morgan fingerprint density at radius 3 is 3.00 bits per heavy atom. The molecule has 1 aliphatic rings. The molecule has 0 saturated heterocycles. The maximum absolute atomic E-state index is 11.5. The van der Waals surface area contributed by atoms with Gasteiger partial charge in [0.05, 0.1) is 6.04 Å². The summed E-state index contributed by atoms with van der Waals surface area (Å²) < 4.78 is 5.17. The average molecular weight is 236 g/mol. The predicted molar refractivity (Wildman–Crippen MR) is 62.1 cm³/mol. The van der Waals surface area contributed by atoms with Gasteiger partial charge in [-0.15, -0.1) is 0 Å². The Labute approximate surface area is 99.6 Å². The van der Waals surface area contributed by atoms with Crippen LogP contribution >= 0.6 is 0 Å². The van der Waals surface area contributed by atoms with Gasteiger partial charge in [0.1, 0.15) is 11.9 Å². The Morgan fingerprint density at radius 2 is 2.41 bits per heavy atom. The SMILES string of the molecule is C[C@H](NC(=O)OC1CCC1)c1nccc(N)n1. The van der Waals surface area contributed by atoms with Crippen LogP contribution in [-0.2, 0) is 4.74 Å². The third-order valence-corrected chi connectivity index (χ3v) is 2.74. The number of ether oxygens (including phenoxy) is 1. The monoisotopic (exact) mass is 236 g/mol. The number of carbonyl (C=O) groups is 1. The van der Waals surface area contributed by atoms with Crippen LogP contribution < -0.4 is 11.1 Å². The zero-order valence-electron chi connectivity index (χ0n) is 9.72. The second-order valence-electron chi connectivity index (χ2n) is 4.16. The highest BCUT2D eigenvalue weighted by Crippen LogP contribution is 2.22. The first-order valence-corrected chi connectivity index (χ1v) is 5.70. The summed E-state index contributed by atoms with van der Waals surface area (Å²) in [6, 6.07) is 1.29. The third-order valence-electron chi connectivity index (χ3n) is 2.74. The lowest BCUT2D eigenvalue weighted by molar-refractivity contribution is 0.0506. The molecule has 1 aromatic heterocycles. The summed E-state index contributed by atoms with van der Waals surface area (Å²) >= 11 is 0. The predicted octanol–water partition coefficient (Wildman–Crippen LogP) is 1.40. The van der Waals surface area contributed by atoms with Gasteiger partial charge in [-0.2, -0.15) is 0 Å². The molecule has 6 heteroatoms. The van der Waals surface area contributed by atoms with E-state index in [0.717, 1.165) is 19.3 Å². The van der Waals surface area contributed by atoms with Gasteiger partial charge in [-0.25, -0.2) is 14.8 Å². The minimum absolute atomic E-state index is 0.0731. The maximum atomic E-state index is 11.5. The quantitative estimate of drug-likeness (QED) is 0.827. The number of nitrogens with two attached hydrogens (primary N) is 1. The number of anilines is 1. The summed E-state index contributed by atoms with van der Waals surface area (Å²) in [5.41, 5.74) is 5.54. The van der Waals surface area contributed by atoms with Crippen LogP contribution in [0.1, 0.15) is 38.1 Å². The molecular formula is C11H16N4O2. The van der Waals surface area contributed by atoms with Crippen molar-refractivity contribution in [3.63, 3.8) is 0 Å². The highest BCUT2D eigenvalue weighted by Gasteiger charge is 2.22. The van der Waals surface area contributed by atoms with Crippen LogP contribution in [0.3, 0.4) is 0 Å². The fourth-order valence-electron chi connectivity index (χ4n) is 1.51. The molecule has 1 saturated carbocycles. The van der Waals surface area contributed by atoms with E-state index < -0.39 is 6.09 Å². The van der Waals surface area contributed by atoms with Crippen LogP contribution in [0.15, 0.2) is 12.3 Å². The second-order valence-corrected chi connectivity index (χ2v) is 4.16. The molecule has 1 fully saturated rings. The van der Waals surface area contributed by atoms with Crippen LogP contribution in [0.4, 0.5) is 10.6 Å². The minimum Gasteiger partial charge on any atom is -0.446 e. The van der Waals surface area contributed by atoms with Crippen molar-refractivity contribution in [1.82, 2.24) is 15.3 Å². The van der Waals surface area contributed by atoms with Crippen LogP contribution in [0.5, 0.6) is 0 Å². The van der Waals surface area contributed by atoms with Gasteiger partial charge >= 0.3 is 6.09 Å². The minimum atomic E-state index is -0.423. The van der Waals surface area contributed by atoms with E-state index in [9.17, 15) is 4.79 Å². The van der Waals surface area contributed by atoms with Crippen molar-refractivity contribution in [1.29, 1.82) is 0 Å². The van der Waals surface area contributed by atoms with Crippen molar-refractivity contribution in [2.75, 3.05) is 5.73 Å². The highest BCUT2D eigenvalue weighted by molar-refractivity contribution is 5.68. The highest BCUT2D eigenvalue weighted by atomic mass is 16.6. The Balaban J connectivity index is 1.87. The number of alkyl carbamates (subject to hydrolysis) is 1. The van der Waals surface area contributed by atoms with Crippen molar-refractivity contribution in [2.24, 2.45) is 0 Å². The molecule has 1 heterocycles. The van der Waals surface area contributed by atoms with Gasteiger partial charge in [-0.1, -0.05) is 0 Å². The molecule has 6 nitrogen and oxygen atoms in total. The van der Waals surface area contributed by atoms with Crippen molar-refractivity contribution in [2.45, 2.75) is 38.3 Å². The number of aromatic nitrogens is 2. The van der Waals surface area contributed by atoms with E-state index >= 15 is 0 Å². The Hall–Kier alpha value is -1.85. The number of hydrogen-bond acceptors (Lipinski definition) is 5. The van der Waals surface area contributed by atoms with Crippen molar-refractivity contribution >= 4 is 11.9 Å². The molecule has 0 unspecified atom stereocenters. The molecule has 3 N–H and O–H groups in total. The molecule has 2 rings (SSSR count). The van der Waals surface area contributed by atoms with E-state index in [1.165, 1.54) is 0 Å². The summed E-state index contributed by atoms with van der Waals surface area (Å²) in [4.78, 5) is 19.6. The number of carbonyl (C=O) groups excluding carboxylic acids is 1. The van der Waals surface area contributed by atoms with Gasteiger partial charge in [-0.05, 0) is 32.3 Å². The summed E-state index contributed by atoms with van der Waals surface area (Å²) in [6.07, 6.45) is 4.25. The number of nitrogen functional groups attached to an aromatic ring is 1. The standard InChI is InChI=1S/C11H16N4O2/c1-7(10-13-6-5-9(12)15-10)14-11(16)17-8-3-2-4-8/h5-8H,2-4H2,1H3,(H,14,16)(H2,12,13,15)/t7-/m0/s1. The van der Waals surface area contributed by atoms with E-state index in [1.807, 2.05) is 0 Å². The first-order valence-electron chi connectivity index (χ1n) is 5.70. The number of nitrogens with zero attached hydrogens (tertiary/aromatic N) is 2. The van der Waals surface area contributed by atoms with Crippen LogP contribution in [0.2, 0.25) is 0 Å². The molecule has 0 aliphatic heterocycles. The molecule has 1 aliphatic carbocycles. The molecule has 0 spiro atoms. The van der Waals surface area contributed by atoms with Gasteiger partial charge in [0, 0.05) is 6.20 Å². The van der Waals surface area contributed by atoms with E-state index in [4.69, 9.17) is 10.5 Å². The van der Waals surface area contributed by atoms with Crippen molar-refractivity contribution in [3.05, 3.63) is 18.1 Å². The van der Waals surface area contributed by atoms with Gasteiger partial charge in [0.15, 0.2) is 5.82 Å². The Kier molecular flexibility index (Phi) is 3.41. The summed E-state index contributed by atoms with van der Waals surface area (Å²) in [5, 5.41) is 2.68. The number of amides is 1. The zero-order chi connectivity index (χ0) is 12.3. The van der Waals surface area contributed by atoms with E-state index in [-0.39, 0.29) is 12.1 Å². The normalized spacial score (nSPS) is 17.0. The van der Waals surface area contributed by atoms with Crippen molar-refractivity contribution < 1.29 is 9.53 Å². The maximum Gasteiger partial charge on any atom is 0.407 e. The van der Waals surface area contributed by atoms with Crippen molar-refractivity contribution in [3.8, 4) is 0 Å². The topological polar surface area (TPSA) is 90.1 Å². The second kappa shape index (κ2) is 4.99. The molecule has 17 heavy (non-hydrogen) atoms. The fraction of sp³-hybridized carbons (Fsp3) is 0.545. The molecular weight excluding hydrogens is 220 g/mol. The van der Waals surface area contributed by atoms with E-state index in [0.29, 0.717) is 11.6 Å². The molecule has 0 bridgehead atoms. The molecule has 1 atom stereocenters. The smallest absolute Gasteiger partial charge is 0.407 e. The van der Waals surface area contributed by atoms with Gasteiger partial charge in [0.2, 0.25) is 0 Å². The third kappa shape index (κ3) is 3.05. The summed E-state index contributed by atoms with van der Waals surface area (Å²) in [7, 11) is 0. The Morgan fingerprint density at radius 1 is 1.65 bits per heavy atom. The average Bonchev–Trinajstić information content (AvgIpc) is 2.23. The molecule has 0 radical (unpaired) electrons.